The van der Waals surface area contributed by atoms with Crippen LogP contribution in [0.25, 0.3) is 0 Å². The number of nitrogens with one attached hydrogen (secondary N) is 1. The summed E-state index contributed by atoms with van der Waals surface area (Å²) in [6, 6.07) is -0.201. The van der Waals surface area contributed by atoms with Gasteiger partial charge in [0.15, 0.2) is 0 Å². The van der Waals surface area contributed by atoms with Gasteiger partial charge in [0.1, 0.15) is 0 Å². The van der Waals surface area contributed by atoms with Crippen LogP contribution < -0.4 is 11.1 Å². The molecule has 0 bridgehead atoms. The van der Waals surface area contributed by atoms with Gasteiger partial charge in [-0.05, 0) is 5.92 Å². The third-order valence-electron chi connectivity index (χ3n) is 2.54. The highest BCUT2D eigenvalue weighted by molar-refractivity contribution is 5.82. The predicted molar refractivity (Wildman–Crippen MR) is 50.2 cm³/mol. The summed E-state index contributed by atoms with van der Waals surface area (Å²) >= 11 is 0. The van der Waals surface area contributed by atoms with E-state index in [4.69, 9.17) is 10.5 Å². The predicted octanol–water partition coefficient (Wildman–Crippen LogP) is -0.125. The number of nitrogens with two attached hydrogens (primary N) is 1. The number of carbonyl (C=O) groups is 1. The van der Waals surface area contributed by atoms with Crippen LogP contribution in [-0.4, -0.2) is 31.2 Å². The van der Waals surface area contributed by atoms with Gasteiger partial charge in [-0.3, -0.25) is 4.79 Å². The lowest BCUT2D eigenvalue weighted by Gasteiger charge is -2.29. The van der Waals surface area contributed by atoms with Crippen molar-refractivity contribution in [3.05, 3.63) is 0 Å². The topological polar surface area (TPSA) is 64.4 Å². The molecular weight excluding hydrogens is 168 g/mol. The van der Waals surface area contributed by atoms with E-state index in [9.17, 15) is 4.79 Å². The van der Waals surface area contributed by atoms with Gasteiger partial charge in [-0.1, -0.05) is 20.3 Å². The summed E-state index contributed by atoms with van der Waals surface area (Å²) in [5, 5.41) is 2.84. The van der Waals surface area contributed by atoms with Gasteiger partial charge in [0.05, 0.1) is 25.3 Å². The average molecular weight is 186 g/mol. The van der Waals surface area contributed by atoms with Crippen LogP contribution in [0.3, 0.4) is 0 Å². The molecule has 1 aliphatic rings. The molecule has 1 fully saturated rings. The van der Waals surface area contributed by atoms with Gasteiger partial charge in [-0.15, -0.1) is 0 Å². The molecule has 0 aromatic heterocycles. The van der Waals surface area contributed by atoms with E-state index < -0.39 is 0 Å². The zero-order valence-electron chi connectivity index (χ0n) is 8.25. The number of hydrogen-bond donors (Lipinski definition) is 2. The molecule has 0 aliphatic carbocycles. The Morgan fingerprint density at radius 1 is 1.69 bits per heavy atom. The molecule has 4 nitrogen and oxygen atoms in total. The van der Waals surface area contributed by atoms with Crippen LogP contribution in [-0.2, 0) is 9.53 Å². The number of amides is 1. The number of carbonyl (C=O) groups excluding carboxylic acids is 1. The molecule has 0 saturated carbocycles. The smallest absolute Gasteiger partial charge is 0.237 e. The summed E-state index contributed by atoms with van der Waals surface area (Å²) in [5.74, 6) is 0.184. The quantitative estimate of drug-likeness (QED) is 0.643. The monoisotopic (exact) mass is 186 g/mol. The van der Waals surface area contributed by atoms with Crippen molar-refractivity contribution >= 4 is 5.91 Å². The highest BCUT2D eigenvalue weighted by Crippen LogP contribution is 2.06. The van der Waals surface area contributed by atoms with Crippen molar-refractivity contribution in [2.24, 2.45) is 11.7 Å². The molecule has 1 saturated heterocycles. The largest absolute Gasteiger partial charge is 0.377 e. The molecule has 4 heteroatoms. The summed E-state index contributed by atoms with van der Waals surface area (Å²) in [7, 11) is 0. The van der Waals surface area contributed by atoms with Crippen molar-refractivity contribution in [2.45, 2.75) is 32.4 Å². The van der Waals surface area contributed by atoms with Gasteiger partial charge in [0.25, 0.3) is 0 Å². The Morgan fingerprint density at radius 3 is 2.69 bits per heavy atom. The summed E-state index contributed by atoms with van der Waals surface area (Å²) in [4.78, 5) is 11.5. The van der Waals surface area contributed by atoms with Gasteiger partial charge < -0.3 is 15.8 Å². The molecule has 0 aromatic rings. The summed E-state index contributed by atoms with van der Waals surface area (Å²) in [6.07, 6.45) is 0.926. The van der Waals surface area contributed by atoms with Crippen LogP contribution in [0.1, 0.15) is 20.3 Å². The first-order chi connectivity index (χ1) is 6.15. The Bertz CT molecular complexity index is 180. The molecule has 2 atom stereocenters. The van der Waals surface area contributed by atoms with Crippen molar-refractivity contribution in [3.8, 4) is 0 Å². The van der Waals surface area contributed by atoms with E-state index in [1.807, 2.05) is 13.8 Å². The van der Waals surface area contributed by atoms with E-state index in [0.717, 1.165) is 6.42 Å². The first kappa shape index (κ1) is 10.5. The average Bonchev–Trinajstić information content (AvgIpc) is 2.08. The van der Waals surface area contributed by atoms with Crippen LogP contribution in [0, 0.1) is 5.92 Å². The highest BCUT2D eigenvalue weighted by atomic mass is 16.5. The van der Waals surface area contributed by atoms with Crippen molar-refractivity contribution in [1.82, 2.24) is 5.32 Å². The van der Waals surface area contributed by atoms with Crippen LogP contribution in [0.4, 0.5) is 0 Å². The fraction of sp³-hybridized carbons (Fsp3) is 0.889. The lowest BCUT2D eigenvalue weighted by atomic mass is 9.99. The van der Waals surface area contributed by atoms with Crippen LogP contribution in [0.5, 0.6) is 0 Å². The lowest BCUT2D eigenvalue weighted by Crippen LogP contribution is -2.54. The minimum absolute atomic E-state index is 0.0531. The maximum atomic E-state index is 11.5. The third kappa shape index (κ3) is 2.67. The summed E-state index contributed by atoms with van der Waals surface area (Å²) in [5.41, 5.74) is 5.75. The second-order valence-corrected chi connectivity index (χ2v) is 3.65. The number of rotatable bonds is 4. The zero-order valence-corrected chi connectivity index (χ0v) is 8.25. The number of hydrogen-bond acceptors (Lipinski definition) is 3. The second kappa shape index (κ2) is 4.58. The molecule has 2 unspecified atom stereocenters. The highest BCUT2D eigenvalue weighted by Gasteiger charge is 2.25. The summed E-state index contributed by atoms with van der Waals surface area (Å²) in [6.45, 7) is 5.27. The van der Waals surface area contributed by atoms with Gasteiger partial charge in [-0.25, -0.2) is 0 Å². The first-order valence-electron chi connectivity index (χ1n) is 4.78. The Kier molecular flexibility index (Phi) is 3.69. The Labute approximate surface area is 78.8 Å². The van der Waals surface area contributed by atoms with E-state index in [0.29, 0.717) is 13.2 Å². The fourth-order valence-corrected chi connectivity index (χ4v) is 1.13. The summed E-state index contributed by atoms with van der Waals surface area (Å²) < 4.78 is 4.95. The van der Waals surface area contributed by atoms with E-state index in [2.05, 4.69) is 5.32 Å². The molecule has 13 heavy (non-hydrogen) atoms. The van der Waals surface area contributed by atoms with Crippen LogP contribution in [0.2, 0.25) is 0 Å². The van der Waals surface area contributed by atoms with Gasteiger partial charge >= 0.3 is 0 Å². The second-order valence-electron chi connectivity index (χ2n) is 3.65. The zero-order chi connectivity index (χ0) is 9.84. The maximum absolute atomic E-state index is 11.5. The van der Waals surface area contributed by atoms with Crippen molar-refractivity contribution in [3.63, 3.8) is 0 Å². The van der Waals surface area contributed by atoms with E-state index in [1.54, 1.807) is 0 Å². The molecule has 3 N–H and O–H groups in total. The molecule has 0 radical (unpaired) electrons. The van der Waals surface area contributed by atoms with Crippen molar-refractivity contribution in [2.75, 3.05) is 13.2 Å². The molecule has 1 heterocycles. The van der Waals surface area contributed by atoms with Crippen molar-refractivity contribution < 1.29 is 9.53 Å². The van der Waals surface area contributed by atoms with Gasteiger partial charge in [0, 0.05) is 0 Å². The molecule has 1 amide bonds. The van der Waals surface area contributed by atoms with Crippen LogP contribution in [0.15, 0.2) is 0 Å². The third-order valence-corrected chi connectivity index (χ3v) is 2.54. The lowest BCUT2D eigenvalue weighted by molar-refractivity contribution is -0.127. The maximum Gasteiger partial charge on any atom is 0.237 e. The number of ether oxygens (including phenoxy) is 1. The fourth-order valence-electron chi connectivity index (χ4n) is 1.13. The minimum Gasteiger partial charge on any atom is -0.377 e. The Balaban J connectivity index is 2.28. The van der Waals surface area contributed by atoms with Crippen molar-refractivity contribution in [1.29, 1.82) is 0 Å². The SMILES string of the molecule is CCC(C)C(N)C(=O)NC1COC1. The standard InChI is InChI=1S/C9H18N2O2/c1-3-6(2)8(10)9(12)11-7-4-13-5-7/h6-8H,3-5,10H2,1-2H3,(H,11,12). The normalized spacial score (nSPS) is 21.8. The molecule has 1 rings (SSSR count). The molecular formula is C9H18N2O2. The van der Waals surface area contributed by atoms with E-state index in [1.165, 1.54) is 0 Å². The first-order valence-corrected chi connectivity index (χ1v) is 4.78. The molecule has 0 spiro atoms. The molecule has 0 aromatic carbocycles. The molecule has 1 aliphatic heterocycles. The van der Waals surface area contributed by atoms with Gasteiger partial charge in [0.2, 0.25) is 5.91 Å². The van der Waals surface area contributed by atoms with E-state index >= 15 is 0 Å². The Hall–Kier alpha value is -0.610. The van der Waals surface area contributed by atoms with Gasteiger partial charge in [-0.2, -0.15) is 0 Å². The Morgan fingerprint density at radius 2 is 2.31 bits per heavy atom. The minimum atomic E-state index is -0.384. The van der Waals surface area contributed by atoms with Crippen LogP contribution >= 0.6 is 0 Å². The molecule has 76 valence electrons. The van der Waals surface area contributed by atoms with E-state index in [-0.39, 0.29) is 23.9 Å².